The molecule has 2 heterocycles. The molecule has 2 rings (SSSR count). The molecule has 1 fully saturated rings. The van der Waals surface area contributed by atoms with E-state index in [1.807, 2.05) is 12.4 Å². The van der Waals surface area contributed by atoms with Crippen LogP contribution in [0.15, 0.2) is 12.4 Å². The first-order valence-electron chi connectivity index (χ1n) is 7.13. The van der Waals surface area contributed by atoms with E-state index in [0.717, 1.165) is 13.1 Å². The molecule has 0 amide bonds. The molecule has 0 radical (unpaired) electrons. The Balaban J connectivity index is 1.73. The highest BCUT2D eigenvalue weighted by Crippen LogP contribution is 2.29. The molecule has 5 heteroatoms. The number of hydrogen-bond acceptors (Lipinski definition) is 4. The van der Waals surface area contributed by atoms with Gasteiger partial charge in [-0.3, -0.25) is 4.68 Å². The Hall–Kier alpha value is -0.910. The summed E-state index contributed by atoms with van der Waals surface area (Å²) in [6.45, 7) is 7.41. The van der Waals surface area contributed by atoms with Gasteiger partial charge in [0.1, 0.15) is 0 Å². The van der Waals surface area contributed by atoms with E-state index >= 15 is 0 Å². The molecular formula is C14H26N4O. The molecule has 1 aromatic rings. The molecule has 19 heavy (non-hydrogen) atoms. The maximum absolute atomic E-state index is 8.85. The fourth-order valence-electron chi connectivity index (χ4n) is 2.57. The molecule has 0 saturated carbocycles. The lowest BCUT2D eigenvalue weighted by Crippen LogP contribution is -2.41. The second kappa shape index (κ2) is 6.50. The fourth-order valence-corrected chi connectivity index (χ4v) is 2.57. The van der Waals surface area contributed by atoms with E-state index in [2.05, 4.69) is 29.3 Å². The van der Waals surface area contributed by atoms with Crippen LogP contribution in [0, 0.1) is 5.41 Å². The molecule has 2 N–H and O–H groups in total. The van der Waals surface area contributed by atoms with Crippen molar-refractivity contribution in [3.05, 3.63) is 18.0 Å². The summed E-state index contributed by atoms with van der Waals surface area (Å²) in [7, 11) is 2.20. The van der Waals surface area contributed by atoms with Crippen molar-refractivity contribution in [2.24, 2.45) is 5.41 Å². The zero-order valence-electron chi connectivity index (χ0n) is 12.1. The molecule has 0 bridgehead atoms. The van der Waals surface area contributed by atoms with Gasteiger partial charge in [0.15, 0.2) is 0 Å². The molecule has 1 aliphatic heterocycles. The van der Waals surface area contributed by atoms with Crippen molar-refractivity contribution in [1.29, 1.82) is 0 Å². The first kappa shape index (κ1) is 14.5. The molecular weight excluding hydrogens is 240 g/mol. The van der Waals surface area contributed by atoms with E-state index in [-0.39, 0.29) is 6.61 Å². The molecule has 0 spiro atoms. The highest BCUT2D eigenvalue weighted by molar-refractivity contribution is 5.03. The number of likely N-dealkylation sites (tertiary alicyclic amines) is 1. The maximum atomic E-state index is 8.85. The van der Waals surface area contributed by atoms with Crippen LogP contribution >= 0.6 is 0 Å². The lowest BCUT2D eigenvalue weighted by Gasteiger charge is -2.38. The third-order valence-electron chi connectivity index (χ3n) is 4.09. The van der Waals surface area contributed by atoms with Gasteiger partial charge < -0.3 is 15.3 Å². The van der Waals surface area contributed by atoms with Gasteiger partial charge in [-0.25, -0.2) is 0 Å². The Morgan fingerprint density at radius 1 is 1.42 bits per heavy atom. The molecule has 0 aliphatic carbocycles. The standard InChI is InChI=1S/C14H26N4O/c1-14(3-5-17(2)6-4-14)12-15-9-13-10-16-18(11-13)7-8-19/h10-11,15,19H,3-9,12H2,1-2H3. The largest absolute Gasteiger partial charge is 0.394 e. The van der Waals surface area contributed by atoms with Crippen molar-refractivity contribution in [1.82, 2.24) is 20.0 Å². The smallest absolute Gasteiger partial charge is 0.0640 e. The number of nitrogens with zero attached hydrogens (tertiary/aromatic N) is 3. The van der Waals surface area contributed by atoms with Crippen LogP contribution in [0.2, 0.25) is 0 Å². The highest BCUT2D eigenvalue weighted by atomic mass is 16.3. The maximum Gasteiger partial charge on any atom is 0.0640 e. The topological polar surface area (TPSA) is 53.3 Å². The zero-order valence-corrected chi connectivity index (χ0v) is 12.1. The summed E-state index contributed by atoms with van der Waals surface area (Å²) in [5.74, 6) is 0. The van der Waals surface area contributed by atoms with Crippen LogP contribution in [-0.2, 0) is 13.1 Å². The summed E-state index contributed by atoms with van der Waals surface area (Å²) in [5.41, 5.74) is 1.61. The van der Waals surface area contributed by atoms with Crippen LogP contribution in [0.5, 0.6) is 0 Å². The van der Waals surface area contributed by atoms with Crippen molar-refractivity contribution >= 4 is 0 Å². The van der Waals surface area contributed by atoms with Crippen LogP contribution < -0.4 is 5.32 Å². The van der Waals surface area contributed by atoms with Gasteiger partial charge in [-0.1, -0.05) is 6.92 Å². The Kier molecular flexibility index (Phi) is 4.96. The minimum absolute atomic E-state index is 0.139. The average Bonchev–Trinajstić information content (AvgIpc) is 2.82. The first-order chi connectivity index (χ1) is 9.11. The summed E-state index contributed by atoms with van der Waals surface area (Å²) in [6.07, 6.45) is 6.40. The van der Waals surface area contributed by atoms with Crippen LogP contribution in [0.4, 0.5) is 0 Å². The molecule has 108 valence electrons. The number of aliphatic hydroxyl groups excluding tert-OH is 1. The predicted octanol–water partition coefficient (Wildman–Crippen LogP) is 0.697. The first-order valence-corrected chi connectivity index (χ1v) is 7.13. The zero-order chi connectivity index (χ0) is 13.7. The van der Waals surface area contributed by atoms with Crippen LogP contribution in [0.3, 0.4) is 0 Å². The van der Waals surface area contributed by atoms with Gasteiger partial charge in [0.25, 0.3) is 0 Å². The number of rotatable bonds is 6. The monoisotopic (exact) mass is 266 g/mol. The molecule has 0 atom stereocenters. The second-order valence-corrected chi connectivity index (χ2v) is 6.05. The summed E-state index contributed by atoms with van der Waals surface area (Å²) in [6, 6.07) is 0. The van der Waals surface area contributed by atoms with E-state index in [4.69, 9.17) is 5.11 Å². The van der Waals surface area contributed by atoms with Crippen molar-refractivity contribution in [3.8, 4) is 0 Å². The van der Waals surface area contributed by atoms with Crippen molar-refractivity contribution in [3.63, 3.8) is 0 Å². The molecule has 5 nitrogen and oxygen atoms in total. The van der Waals surface area contributed by atoms with E-state index in [0.29, 0.717) is 12.0 Å². The number of nitrogens with one attached hydrogen (secondary N) is 1. The third kappa shape index (κ3) is 4.30. The lowest BCUT2D eigenvalue weighted by atomic mass is 9.80. The Bertz CT molecular complexity index is 383. The Morgan fingerprint density at radius 2 is 2.16 bits per heavy atom. The number of aliphatic hydroxyl groups is 1. The van der Waals surface area contributed by atoms with Crippen molar-refractivity contribution < 1.29 is 5.11 Å². The minimum Gasteiger partial charge on any atom is -0.394 e. The summed E-state index contributed by atoms with van der Waals surface area (Å²) in [4.78, 5) is 2.40. The quantitative estimate of drug-likeness (QED) is 0.796. The lowest BCUT2D eigenvalue weighted by molar-refractivity contribution is 0.137. The van der Waals surface area contributed by atoms with Gasteiger partial charge in [-0.15, -0.1) is 0 Å². The van der Waals surface area contributed by atoms with Crippen LogP contribution in [0.1, 0.15) is 25.3 Å². The summed E-state index contributed by atoms with van der Waals surface area (Å²) in [5, 5.41) is 16.6. The molecule has 1 aliphatic rings. The van der Waals surface area contributed by atoms with E-state index in [9.17, 15) is 0 Å². The van der Waals surface area contributed by atoms with E-state index < -0.39 is 0 Å². The normalized spacial score (nSPS) is 19.7. The van der Waals surface area contributed by atoms with E-state index in [1.165, 1.54) is 31.5 Å². The highest BCUT2D eigenvalue weighted by Gasteiger charge is 2.28. The van der Waals surface area contributed by atoms with E-state index in [1.54, 1.807) is 4.68 Å². The van der Waals surface area contributed by atoms with Gasteiger partial charge in [0.05, 0.1) is 19.3 Å². The number of hydrogen-bond donors (Lipinski definition) is 2. The van der Waals surface area contributed by atoms with Gasteiger partial charge in [-0.05, 0) is 38.4 Å². The molecule has 1 saturated heterocycles. The second-order valence-electron chi connectivity index (χ2n) is 6.05. The van der Waals surface area contributed by atoms with Gasteiger partial charge in [-0.2, -0.15) is 5.10 Å². The van der Waals surface area contributed by atoms with Crippen molar-refractivity contribution in [2.45, 2.75) is 32.9 Å². The van der Waals surface area contributed by atoms with Crippen LogP contribution in [-0.4, -0.2) is 53.1 Å². The minimum atomic E-state index is 0.139. The third-order valence-corrected chi connectivity index (χ3v) is 4.09. The van der Waals surface area contributed by atoms with Crippen molar-refractivity contribution in [2.75, 3.05) is 33.3 Å². The van der Waals surface area contributed by atoms with Crippen LogP contribution in [0.25, 0.3) is 0 Å². The number of aromatic nitrogens is 2. The average molecular weight is 266 g/mol. The predicted molar refractivity (Wildman–Crippen MR) is 75.9 cm³/mol. The SMILES string of the molecule is CN1CCC(C)(CNCc2cnn(CCO)c2)CC1. The molecule has 0 unspecified atom stereocenters. The summed E-state index contributed by atoms with van der Waals surface area (Å²) >= 11 is 0. The molecule has 1 aromatic heterocycles. The fraction of sp³-hybridized carbons (Fsp3) is 0.786. The van der Waals surface area contributed by atoms with Gasteiger partial charge in [0, 0.05) is 24.8 Å². The number of piperidine rings is 1. The van der Waals surface area contributed by atoms with Gasteiger partial charge in [0.2, 0.25) is 0 Å². The summed E-state index contributed by atoms with van der Waals surface area (Å²) < 4.78 is 1.79. The van der Waals surface area contributed by atoms with Gasteiger partial charge >= 0.3 is 0 Å². The Labute approximate surface area is 115 Å². The Morgan fingerprint density at radius 3 is 2.84 bits per heavy atom. The molecule has 0 aromatic carbocycles.